The van der Waals surface area contributed by atoms with E-state index in [1.807, 2.05) is 24.1 Å². The van der Waals surface area contributed by atoms with Gasteiger partial charge in [-0.2, -0.15) is 0 Å². The number of hydrogen-bond acceptors (Lipinski definition) is 5. The molecule has 0 spiro atoms. The molecular formula is C29H49N3O4. The number of aliphatic hydroxyl groups is 2. The van der Waals surface area contributed by atoms with E-state index in [0.717, 1.165) is 62.5 Å². The molecule has 1 saturated heterocycles. The molecule has 4 N–H and O–H groups in total. The number of aryl methyl sites for hydroxylation is 1. The highest BCUT2D eigenvalue weighted by Crippen LogP contribution is 2.40. The zero-order chi connectivity index (χ0) is 26.0. The zero-order valence-corrected chi connectivity index (χ0v) is 22.7. The fourth-order valence-corrected chi connectivity index (χ4v) is 6.22. The second-order valence-electron chi connectivity index (χ2n) is 11.0. The van der Waals surface area contributed by atoms with Gasteiger partial charge in [-0.05, 0) is 70.4 Å². The summed E-state index contributed by atoms with van der Waals surface area (Å²) in [5, 5.41) is 29.5. The van der Waals surface area contributed by atoms with Gasteiger partial charge in [0.15, 0.2) is 0 Å². The Labute approximate surface area is 218 Å². The first-order valence-corrected chi connectivity index (χ1v) is 14.1. The highest BCUT2D eigenvalue weighted by molar-refractivity contribution is 5.74. The summed E-state index contributed by atoms with van der Waals surface area (Å²) in [6, 6.07) is 7.70. The lowest BCUT2D eigenvalue weighted by atomic mass is 9.74. The average molecular weight is 504 g/mol. The molecule has 4 atom stereocenters. The first-order valence-electron chi connectivity index (χ1n) is 14.1. The number of carbonyl (C=O) groups is 1. The van der Waals surface area contributed by atoms with Gasteiger partial charge in [-0.25, -0.2) is 4.79 Å². The number of methoxy groups -OCH3 is 1. The molecule has 7 heteroatoms. The number of nitrogens with zero attached hydrogens (tertiary/aromatic N) is 1. The van der Waals surface area contributed by atoms with Crippen LogP contribution in [-0.4, -0.2) is 73.7 Å². The van der Waals surface area contributed by atoms with E-state index in [1.165, 1.54) is 6.42 Å². The number of amides is 2. The molecule has 0 unspecified atom stereocenters. The van der Waals surface area contributed by atoms with Gasteiger partial charge in [0, 0.05) is 39.3 Å². The van der Waals surface area contributed by atoms with Gasteiger partial charge >= 0.3 is 6.03 Å². The van der Waals surface area contributed by atoms with Gasteiger partial charge in [-0.3, -0.25) is 0 Å². The molecule has 1 aliphatic carbocycles. The van der Waals surface area contributed by atoms with E-state index in [0.29, 0.717) is 32.7 Å². The maximum absolute atomic E-state index is 13.4. The van der Waals surface area contributed by atoms with Crippen molar-refractivity contribution in [2.75, 3.05) is 40.4 Å². The second kappa shape index (κ2) is 14.3. The van der Waals surface area contributed by atoms with Crippen LogP contribution in [-0.2, 0) is 10.3 Å². The molecule has 36 heavy (non-hydrogen) atoms. The van der Waals surface area contributed by atoms with Crippen molar-refractivity contribution in [2.45, 2.75) is 88.9 Å². The van der Waals surface area contributed by atoms with Gasteiger partial charge in [0.2, 0.25) is 0 Å². The van der Waals surface area contributed by atoms with Crippen LogP contribution in [0.5, 0.6) is 0 Å². The van der Waals surface area contributed by atoms with E-state index in [2.05, 4.69) is 29.7 Å². The highest BCUT2D eigenvalue weighted by atomic mass is 16.5. The molecule has 0 radical (unpaired) electrons. The van der Waals surface area contributed by atoms with E-state index in [1.54, 1.807) is 7.11 Å². The third-order valence-corrected chi connectivity index (χ3v) is 8.34. The Balaban J connectivity index is 1.71. The van der Waals surface area contributed by atoms with E-state index in [-0.39, 0.29) is 23.9 Å². The first kappa shape index (κ1) is 28.9. The first-order chi connectivity index (χ1) is 17.4. The molecule has 1 aromatic rings. The quantitative estimate of drug-likeness (QED) is 0.324. The van der Waals surface area contributed by atoms with E-state index < -0.39 is 11.7 Å². The van der Waals surface area contributed by atoms with Gasteiger partial charge in [0.25, 0.3) is 0 Å². The minimum absolute atomic E-state index is 0.0487. The third kappa shape index (κ3) is 7.67. The number of likely N-dealkylation sites (tertiary alicyclic amines) is 1. The Bertz CT molecular complexity index is 800. The molecular weight excluding hydrogens is 454 g/mol. The summed E-state index contributed by atoms with van der Waals surface area (Å²) in [6.07, 6.45) is 9.16. The summed E-state index contributed by atoms with van der Waals surface area (Å²) in [5.74, 6) is 0.192. The average Bonchev–Trinajstić information content (AvgIpc) is 2.91. The van der Waals surface area contributed by atoms with Gasteiger partial charge in [-0.15, -0.1) is 0 Å². The number of ether oxygens (including phenoxy) is 1. The van der Waals surface area contributed by atoms with Crippen molar-refractivity contribution < 1.29 is 19.7 Å². The van der Waals surface area contributed by atoms with Crippen LogP contribution >= 0.6 is 0 Å². The van der Waals surface area contributed by atoms with Crippen molar-refractivity contribution in [3.63, 3.8) is 0 Å². The monoisotopic (exact) mass is 503 g/mol. The Morgan fingerprint density at radius 1 is 1.19 bits per heavy atom. The van der Waals surface area contributed by atoms with E-state index in [9.17, 15) is 15.0 Å². The lowest BCUT2D eigenvalue weighted by Gasteiger charge is -2.43. The topological polar surface area (TPSA) is 94.1 Å². The molecule has 2 amide bonds. The molecule has 1 aromatic carbocycles. The predicted molar refractivity (Wildman–Crippen MR) is 144 cm³/mol. The van der Waals surface area contributed by atoms with Crippen LogP contribution in [0.4, 0.5) is 4.79 Å². The molecule has 0 aromatic heterocycles. The molecule has 7 nitrogen and oxygen atoms in total. The molecule has 0 bridgehead atoms. The van der Waals surface area contributed by atoms with E-state index in [4.69, 9.17) is 4.74 Å². The van der Waals surface area contributed by atoms with Crippen LogP contribution in [0.3, 0.4) is 0 Å². The molecule has 1 saturated carbocycles. The van der Waals surface area contributed by atoms with Crippen LogP contribution in [0.2, 0.25) is 0 Å². The van der Waals surface area contributed by atoms with Gasteiger partial charge < -0.3 is 30.5 Å². The van der Waals surface area contributed by atoms with E-state index >= 15 is 0 Å². The fourth-order valence-electron chi connectivity index (χ4n) is 6.22. The van der Waals surface area contributed by atoms with Crippen LogP contribution in [0.15, 0.2) is 24.3 Å². The Morgan fingerprint density at radius 2 is 1.97 bits per heavy atom. The van der Waals surface area contributed by atoms with Crippen molar-refractivity contribution in [3.05, 3.63) is 35.4 Å². The summed E-state index contributed by atoms with van der Waals surface area (Å²) in [6.45, 7) is 4.44. The number of carbonyl (C=O) groups excluding carboxylic acids is 1. The number of piperidine rings is 1. The molecule has 1 aliphatic heterocycles. The number of benzene rings is 1. The third-order valence-electron chi connectivity index (χ3n) is 8.34. The molecule has 204 valence electrons. The van der Waals surface area contributed by atoms with Crippen LogP contribution in [0.1, 0.15) is 75.3 Å². The SMILES string of the molecule is CNC[C@@H](NC(=O)N1CCC[C@@H]([C@@](O)(CCCCOC)c2cccc(C)c2)C1)[C@@H](O)C1CCCCC1. The van der Waals surface area contributed by atoms with Crippen LogP contribution < -0.4 is 10.6 Å². The summed E-state index contributed by atoms with van der Waals surface area (Å²) < 4.78 is 5.23. The summed E-state index contributed by atoms with van der Waals surface area (Å²) in [4.78, 5) is 15.3. The normalized spacial score (nSPS) is 22.6. The van der Waals surface area contributed by atoms with Crippen molar-refractivity contribution in [1.82, 2.24) is 15.5 Å². The van der Waals surface area contributed by atoms with Gasteiger partial charge in [0.1, 0.15) is 0 Å². The second-order valence-corrected chi connectivity index (χ2v) is 11.0. The number of likely N-dealkylation sites (N-methyl/N-ethyl adjacent to an activating group) is 1. The molecule has 2 aliphatic rings. The summed E-state index contributed by atoms with van der Waals surface area (Å²) >= 11 is 0. The standard InChI is InChI=1S/C29H49N3O4/c1-22-11-9-14-24(19-22)29(35,16-7-8-18-36-3)25-15-10-17-32(21-25)28(34)31-26(20-30-2)27(33)23-12-5-4-6-13-23/h9,11,14,19,23,25-27,30,33,35H,4-8,10,12-13,15-18,20-21H2,1-3H3,(H,31,34)/t25-,26-,27+,29-/m1/s1. The van der Waals surface area contributed by atoms with Crippen molar-refractivity contribution in [1.29, 1.82) is 0 Å². The number of aliphatic hydroxyl groups excluding tert-OH is 1. The largest absolute Gasteiger partial charge is 0.391 e. The minimum Gasteiger partial charge on any atom is -0.391 e. The molecule has 3 rings (SSSR count). The number of unbranched alkanes of at least 4 members (excludes halogenated alkanes) is 1. The maximum atomic E-state index is 13.4. The maximum Gasteiger partial charge on any atom is 0.317 e. The summed E-state index contributed by atoms with van der Waals surface area (Å²) in [7, 11) is 3.56. The Hall–Kier alpha value is -1.67. The molecule has 1 heterocycles. The lowest BCUT2D eigenvalue weighted by molar-refractivity contribution is -0.0567. The fraction of sp³-hybridized carbons (Fsp3) is 0.759. The van der Waals surface area contributed by atoms with Crippen molar-refractivity contribution >= 4 is 6.03 Å². The zero-order valence-electron chi connectivity index (χ0n) is 22.7. The lowest BCUT2D eigenvalue weighted by Crippen LogP contribution is -2.57. The Kier molecular flexibility index (Phi) is 11.5. The smallest absolute Gasteiger partial charge is 0.317 e. The van der Waals surface area contributed by atoms with Crippen LogP contribution in [0.25, 0.3) is 0 Å². The van der Waals surface area contributed by atoms with Crippen molar-refractivity contribution in [3.8, 4) is 0 Å². The number of rotatable bonds is 12. The summed E-state index contributed by atoms with van der Waals surface area (Å²) in [5.41, 5.74) is 1.07. The van der Waals surface area contributed by atoms with Crippen LogP contribution in [0, 0.1) is 18.8 Å². The predicted octanol–water partition coefficient (Wildman–Crippen LogP) is 3.95. The highest BCUT2D eigenvalue weighted by Gasteiger charge is 2.41. The van der Waals surface area contributed by atoms with Gasteiger partial charge in [-0.1, -0.05) is 49.1 Å². The minimum atomic E-state index is -0.995. The molecule has 2 fully saturated rings. The number of nitrogens with one attached hydrogen (secondary N) is 2. The Morgan fingerprint density at radius 3 is 2.67 bits per heavy atom. The number of urea groups is 1. The van der Waals surface area contributed by atoms with Gasteiger partial charge in [0.05, 0.1) is 17.7 Å². The van der Waals surface area contributed by atoms with Crippen molar-refractivity contribution in [2.24, 2.45) is 11.8 Å². The number of hydrogen-bond donors (Lipinski definition) is 4.